The number of benzene rings is 1. The molecule has 1 aromatic carbocycles. The molecular weight excluding hydrogens is 338 g/mol. The number of hydrogen-bond acceptors (Lipinski definition) is 5. The van der Waals surface area contributed by atoms with E-state index in [1.807, 2.05) is 24.3 Å². The maximum atomic E-state index is 12.4. The Kier molecular flexibility index (Phi) is 4.84. The van der Waals surface area contributed by atoms with Crippen molar-refractivity contribution < 1.29 is 4.79 Å². The Morgan fingerprint density at radius 3 is 2.75 bits per heavy atom. The molecule has 0 saturated heterocycles. The lowest BCUT2D eigenvalue weighted by Gasteiger charge is -2.16. The minimum absolute atomic E-state index is 0.135. The van der Waals surface area contributed by atoms with Gasteiger partial charge in [-0.2, -0.15) is 0 Å². The van der Waals surface area contributed by atoms with E-state index in [4.69, 9.17) is 6.42 Å². The van der Waals surface area contributed by atoms with Gasteiger partial charge in [0.15, 0.2) is 5.13 Å². The zero-order valence-corrected chi connectivity index (χ0v) is 15.1. The number of aromatic nitrogens is 1. The molecule has 1 amide bonds. The molecule has 6 heteroatoms. The van der Waals surface area contributed by atoms with Gasteiger partial charge in [0.25, 0.3) is 5.91 Å². The van der Waals surface area contributed by atoms with Crippen molar-refractivity contribution >= 4 is 48.9 Å². The van der Waals surface area contributed by atoms with Gasteiger partial charge in [-0.15, -0.1) is 17.8 Å². The molecule has 0 radical (unpaired) electrons. The Hall–Kier alpha value is -2.36. The lowest BCUT2D eigenvalue weighted by molar-refractivity contribution is 0.103. The van der Waals surface area contributed by atoms with Crippen molar-refractivity contribution in [1.82, 2.24) is 4.98 Å². The second-order valence-electron chi connectivity index (χ2n) is 5.13. The van der Waals surface area contributed by atoms with Gasteiger partial charge in [0, 0.05) is 24.3 Å². The predicted molar refractivity (Wildman–Crippen MR) is 103 cm³/mol. The lowest BCUT2D eigenvalue weighted by Crippen LogP contribution is -2.21. The summed E-state index contributed by atoms with van der Waals surface area (Å²) in [5.41, 5.74) is 1.44. The van der Waals surface area contributed by atoms with Gasteiger partial charge in [-0.3, -0.25) is 4.79 Å². The highest BCUT2D eigenvalue weighted by Gasteiger charge is 2.16. The van der Waals surface area contributed by atoms with Gasteiger partial charge in [-0.05, 0) is 38.1 Å². The number of nitrogens with zero attached hydrogens (tertiary/aromatic N) is 2. The Morgan fingerprint density at radius 1 is 1.29 bits per heavy atom. The molecule has 0 fully saturated rings. The van der Waals surface area contributed by atoms with Crippen LogP contribution in [0.15, 0.2) is 30.3 Å². The highest BCUT2D eigenvalue weighted by Crippen LogP contribution is 2.34. The topological polar surface area (TPSA) is 45.2 Å². The number of thiazole rings is 1. The second kappa shape index (κ2) is 7.04. The van der Waals surface area contributed by atoms with Crippen molar-refractivity contribution in [2.45, 2.75) is 13.8 Å². The van der Waals surface area contributed by atoms with Crippen molar-refractivity contribution in [3.05, 3.63) is 40.8 Å². The summed E-state index contributed by atoms with van der Waals surface area (Å²) in [4.78, 5) is 20.8. The number of carbonyl (C=O) groups excluding carboxylic acids is 1. The average Bonchev–Trinajstić information content (AvgIpc) is 3.15. The van der Waals surface area contributed by atoms with Crippen LogP contribution in [-0.4, -0.2) is 24.0 Å². The van der Waals surface area contributed by atoms with Gasteiger partial charge in [-0.1, -0.05) is 23.3 Å². The van der Waals surface area contributed by atoms with E-state index in [2.05, 4.69) is 35.0 Å². The van der Waals surface area contributed by atoms with Crippen LogP contribution in [0.5, 0.6) is 0 Å². The molecule has 0 aliphatic heterocycles. The summed E-state index contributed by atoms with van der Waals surface area (Å²) in [6.45, 7) is 6.08. The fourth-order valence-electron chi connectivity index (χ4n) is 2.34. The quantitative estimate of drug-likeness (QED) is 0.688. The molecule has 0 bridgehead atoms. The van der Waals surface area contributed by atoms with Gasteiger partial charge in [-0.25, -0.2) is 4.98 Å². The highest BCUT2D eigenvalue weighted by molar-refractivity contribution is 7.29. The summed E-state index contributed by atoms with van der Waals surface area (Å²) in [5, 5.41) is 3.89. The fourth-order valence-corrected chi connectivity index (χ4v) is 4.58. The molecule has 3 rings (SSSR count). The van der Waals surface area contributed by atoms with Gasteiger partial charge in [0.2, 0.25) is 0 Å². The number of carbonyl (C=O) groups is 1. The Bertz CT molecular complexity index is 884. The number of thiophene rings is 1. The molecule has 1 N–H and O–H groups in total. The van der Waals surface area contributed by atoms with Crippen molar-refractivity contribution in [2.75, 3.05) is 23.3 Å². The van der Waals surface area contributed by atoms with Gasteiger partial charge in [0.05, 0.1) is 9.58 Å². The van der Waals surface area contributed by atoms with Crippen molar-refractivity contribution in [3.8, 4) is 12.3 Å². The molecule has 2 aromatic heterocycles. The molecule has 0 aliphatic carbocycles. The molecule has 24 heavy (non-hydrogen) atoms. The van der Waals surface area contributed by atoms with Crippen LogP contribution in [0.4, 0.5) is 10.8 Å². The summed E-state index contributed by atoms with van der Waals surface area (Å²) in [6, 6.07) is 9.17. The highest BCUT2D eigenvalue weighted by atomic mass is 32.1. The summed E-state index contributed by atoms with van der Waals surface area (Å²) in [6.07, 6.45) is 5.39. The molecule has 122 valence electrons. The average molecular weight is 355 g/mol. The van der Waals surface area contributed by atoms with E-state index in [9.17, 15) is 4.79 Å². The van der Waals surface area contributed by atoms with E-state index in [0.29, 0.717) is 10.6 Å². The van der Waals surface area contributed by atoms with Crippen LogP contribution in [0.25, 0.3) is 9.53 Å². The van der Waals surface area contributed by atoms with Crippen LogP contribution in [0.2, 0.25) is 0 Å². The molecule has 0 atom stereocenters. The minimum atomic E-state index is -0.135. The number of hydrogen-bond donors (Lipinski definition) is 1. The number of anilines is 2. The summed E-state index contributed by atoms with van der Waals surface area (Å²) < 4.78 is 1.05. The first-order valence-corrected chi connectivity index (χ1v) is 9.31. The second-order valence-corrected chi connectivity index (χ2v) is 7.17. The third kappa shape index (κ3) is 3.28. The van der Waals surface area contributed by atoms with E-state index < -0.39 is 0 Å². The maximum Gasteiger partial charge on any atom is 0.265 e. The largest absolute Gasteiger partial charge is 0.349 e. The molecule has 0 aliphatic rings. The standard InChI is InChI=1S/C18H17N3OS2/c1-4-12-8-7-9-13(10-12)19-16(22)14-11-15-17(23-14)20-18(24-15)21(5-2)6-3/h1,7-11H,5-6H2,2-3H3,(H,19,22). The minimum Gasteiger partial charge on any atom is -0.349 e. The fraction of sp³-hybridized carbons (Fsp3) is 0.222. The lowest BCUT2D eigenvalue weighted by atomic mass is 10.2. The number of terminal acetylenes is 1. The van der Waals surface area contributed by atoms with Crippen LogP contribution in [0.1, 0.15) is 29.1 Å². The Morgan fingerprint density at radius 2 is 2.08 bits per heavy atom. The summed E-state index contributed by atoms with van der Waals surface area (Å²) in [5.74, 6) is 2.43. The first-order valence-electron chi connectivity index (χ1n) is 7.68. The molecular formula is C18H17N3OS2. The van der Waals surface area contributed by atoms with E-state index in [1.165, 1.54) is 11.3 Å². The van der Waals surface area contributed by atoms with E-state index in [0.717, 1.165) is 33.3 Å². The predicted octanol–water partition coefficient (Wildman–Crippen LogP) is 4.44. The van der Waals surface area contributed by atoms with Crippen LogP contribution in [0, 0.1) is 12.3 Å². The SMILES string of the molecule is C#Cc1cccc(NC(=O)c2cc3sc(N(CC)CC)nc3s2)c1. The van der Waals surface area contributed by atoms with Crippen molar-refractivity contribution in [1.29, 1.82) is 0 Å². The van der Waals surface area contributed by atoms with Crippen LogP contribution >= 0.6 is 22.7 Å². The smallest absolute Gasteiger partial charge is 0.265 e. The van der Waals surface area contributed by atoms with E-state index in [1.54, 1.807) is 17.4 Å². The first-order chi connectivity index (χ1) is 11.6. The molecule has 2 heterocycles. The maximum absolute atomic E-state index is 12.4. The van der Waals surface area contributed by atoms with Crippen LogP contribution in [-0.2, 0) is 0 Å². The first kappa shape index (κ1) is 16.5. The number of rotatable bonds is 5. The van der Waals surface area contributed by atoms with Crippen LogP contribution in [0.3, 0.4) is 0 Å². The molecule has 3 aromatic rings. The van der Waals surface area contributed by atoms with E-state index in [-0.39, 0.29) is 5.91 Å². The van der Waals surface area contributed by atoms with E-state index >= 15 is 0 Å². The third-order valence-electron chi connectivity index (χ3n) is 3.62. The monoisotopic (exact) mass is 355 g/mol. The molecule has 4 nitrogen and oxygen atoms in total. The normalized spacial score (nSPS) is 10.5. The molecule has 0 unspecified atom stereocenters. The Balaban J connectivity index is 1.80. The van der Waals surface area contributed by atoms with Crippen LogP contribution < -0.4 is 10.2 Å². The number of fused-ring (bicyclic) bond motifs is 1. The number of nitrogens with one attached hydrogen (secondary N) is 1. The van der Waals surface area contributed by atoms with Gasteiger partial charge >= 0.3 is 0 Å². The summed E-state index contributed by atoms with van der Waals surface area (Å²) >= 11 is 3.04. The van der Waals surface area contributed by atoms with Crippen molar-refractivity contribution in [3.63, 3.8) is 0 Å². The summed E-state index contributed by atoms with van der Waals surface area (Å²) in [7, 11) is 0. The molecule has 0 spiro atoms. The third-order valence-corrected chi connectivity index (χ3v) is 5.84. The van der Waals surface area contributed by atoms with Gasteiger partial charge < -0.3 is 10.2 Å². The molecule has 0 saturated carbocycles. The zero-order chi connectivity index (χ0) is 17.1. The number of amides is 1. The van der Waals surface area contributed by atoms with Crippen molar-refractivity contribution in [2.24, 2.45) is 0 Å². The Labute approximate surface area is 149 Å². The van der Waals surface area contributed by atoms with Gasteiger partial charge in [0.1, 0.15) is 4.83 Å². The zero-order valence-electron chi connectivity index (χ0n) is 13.5.